The Morgan fingerprint density at radius 2 is 1.84 bits per heavy atom. The number of aldehydes is 1. The molecule has 1 aliphatic heterocycles. The van der Waals surface area contributed by atoms with Crippen LogP contribution in [0, 0.1) is 6.92 Å². The number of aromatic nitrogens is 3. The third-order valence-electron chi connectivity index (χ3n) is 6.65. The van der Waals surface area contributed by atoms with Gasteiger partial charge in [-0.1, -0.05) is 29.0 Å². The molecule has 9 nitrogen and oxygen atoms in total. The number of amides is 1. The molecule has 5 rings (SSSR count). The van der Waals surface area contributed by atoms with Crippen molar-refractivity contribution in [3.8, 4) is 0 Å². The van der Waals surface area contributed by atoms with E-state index < -0.39 is 6.04 Å². The molecule has 0 saturated carbocycles. The van der Waals surface area contributed by atoms with Crippen LogP contribution in [0.2, 0.25) is 0 Å². The molecule has 1 saturated heterocycles. The van der Waals surface area contributed by atoms with Crippen molar-refractivity contribution < 1.29 is 9.59 Å². The maximum Gasteiger partial charge on any atom is 0.219 e. The Bertz CT molecular complexity index is 1410. The predicted octanol–water partition coefficient (Wildman–Crippen LogP) is 4.31. The summed E-state index contributed by atoms with van der Waals surface area (Å²) in [6.45, 7) is 6.19. The van der Waals surface area contributed by atoms with Crippen LogP contribution in [0.3, 0.4) is 0 Å². The van der Waals surface area contributed by atoms with Gasteiger partial charge in [0.2, 0.25) is 5.91 Å². The molecule has 4 aromatic rings. The van der Waals surface area contributed by atoms with Crippen molar-refractivity contribution in [2.45, 2.75) is 19.9 Å². The Balaban J connectivity index is 1.31. The summed E-state index contributed by atoms with van der Waals surface area (Å²) in [7, 11) is 2.00. The number of nitrogens with zero attached hydrogens (tertiary/aromatic N) is 6. The monoisotopic (exact) mass is 515 g/mol. The third kappa shape index (κ3) is 5.45. The number of aryl methyl sites for hydroxylation is 1. The van der Waals surface area contributed by atoms with Crippen molar-refractivity contribution in [1.82, 2.24) is 24.8 Å². The van der Waals surface area contributed by atoms with Crippen molar-refractivity contribution in [3.05, 3.63) is 65.9 Å². The van der Waals surface area contributed by atoms with Gasteiger partial charge in [-0.3, -0.25) is 9.69 Å². The SMILES string of the molecule is CC(=O)N1CCN(C(C=O)c2ccnc(Nc3nc4ccc(N(C)c5ccc(C)cc5)nc4s3)c2)CC1. The van der Waals surface area contributed by atoms with E-state index in [1.807, 2.05) is 41.1 Å². The number of hydrogen-bond donors (Lipinski definition) is 1. The van der Waals surface area contributed by atoms with E-state index in [4.69, 9.17) is 4.98 Å². The van der Waals surface area contributed by atoms with Gasteiger partial charge in [-0.15, -0.1) is 0 Å². The number of anilines is 4. The fraction of sp³-hybridized carbons (Fsp3) is 0.296. The first-order valence-electron chi connectivity index (χ1n) is 12.2. The summed E-state index contributed by atoms with van der Waals surface area (Å²) in [5, 5.41) is 3.96. The van der Waals surface area contributed by atoms with Crippen LogP contribution in [-0.4, -0.2) is 70.2 Å². The fourth-order valence-electron chi connectivity index (χ4n) is 4.45. The van der Waals surface area contributed by atoms with E-state index in [2.05, 4.69) is 51.4 Å². The number of nitrogens with one attached hydrogen (secondary N) is 1. The Morgan fingerprint density at radius 3 is 2.54 bits per heavy atom. The number of thiazole rings is 1. The smallest absolute Gasteiger partial charge is 0.219 e. The van der Waals surface area contributed by atoms with Crippen LogP contribution in [-0.2, 0) is 9.59 Å². The minimum atomic E-state index is -0.394. The zero-order valence-corrected chi connectivity index (χ0v) is 21.9. The molecule has 1 aromatic carbocycles. The van der Waals surface area contributed by atoms with Gasteiger partial charge in [-0.05, 0) is 48.9 Å². The molecule has 0 radical (unpaired) electrons. The molecule has 4 heterocycles. The highest BCUT2D eigenvalue weighted by Crippen LogP contribution is 2.31. The molecule has 37 heavy (non-hydrogen) atoms. The third-order valence-corrected chi connectivity index (χ3v) is 7.53. The van der Waals surface area contributed by atoms with E-state index in [0.29, 0.717) is 37.1 Å². The van der Waals surface area contributed by atoms with E-state index in [-0.39, 0.29) is 5.91 Å². The minimum absolute atomic E-state index is 0.0666. The van der Waals surface area contributed by atoms with Gasteiger partial charge in [0, 0.05) is 52.0 Å². The highest BCUT2D eigenvalue weighted by Gasteiger charge is 2.26. The maximum absolute atomic E-state index is 12.0. The van der Waals surface area contributed by atoms with Gasteiger partial charge >= 0.3 is 0 Å². The van der Waals surface area contributed by atoms with Crippen LogP contribution in [0.1, 0.15) is 24.1 Å². The van der Waals surface area contributed by atoms with Gasteiger partial charge < -0.3 is 19.9 Å². The lowest BCUT2D eigenvalue weighted by Gasteiger charge is -2.37. The molecule has 0 spiro atoms. The number of piperazine rings is 1. The van der Waals surface area contributed by atoms with Gasteiger partial charge in [0.05, 0.1) is 6.04 Å². The first kappa shape index (κ1) is 24.8. The average molecular weight is 516 g/mol. The molecule has 1 aliphatic rings. The summed E-state index contributed by atoms with van der Waals surface area (Å²) in [6, 6.07) is 15.6. The first-order valence-corrected chi connectivity index (χ1v) is 13.0. The highest BCUT2D eigenvalue weighted by atomic mass is 32.1. The molecule has 1 amide bonds. The Labute approximate surface area is 219 Å². The second kappa shape index (κ2) is 10.6. The summed E-state index contributed by atoms with van der Waals surface area (Å²) in [4.78, 5) is 44.4. The average Bonchev–Trinajstić information content (AvgIpc) is 3.31. The fourth-order valence-corrected chi connectivity index (χ4v) is 5.29. The molecular weight excluding hydrogens is 486 g/mol. The molecule has 0 bridgehead atoms. The molecule has 0 aliphatic carbocycles. The van der Waals surface area contributed by atoms with E-state index >= 15 is 0 Å². The van der Waals surface area contributed by atoms with Crippen molar-refractivity contribution in [3.63, 3.8) is 0 Å². The predicted molar refractivity (Wildman–Crippen MR) is 147 cm³/mol. The zero-order valence-electron chi connectivity index (χ0n) is 21.1. The van der Waals surface area contributed by atoms with E-state index in [1.165, 1.54) is 16.9 Å². The van der Waals surface area contributed by atoms with Crippen LogP contribution in [0.4, 0.5) is 22.5 Å². The Hall–Kier alpha value is -3.89. The quantitative estimate of drug-likeness (QED) is 0.364. The van der Waals surface area contributed by atoms with Gasteiger partial charge in [-0.2, -0.15) is 0 Å². The van der Waals surface area contributed by atoms with E-state index in [0.717, 1.165) is 33.7 Å². The van der Waals surface area contributed by atoms with Crippen molar-refractivity contribution >= 4 is 56.3 Å². The molecule has 1 fully saturated rings. The van der Waals surface area contributed by atoms with E-state index in [9.17, 15) is 9.59 Å². The second-order valence-corrected chi connectivity index (χ2v) is 10.1. The van der Waals surface area contributed by atoms with Crippen LogP contribution in [0.15, 0.2) is 54.7 Å². The molecule has 10 heteroatoms. The van der Waals surface area contributed by atoms with Crippen LogP contribution in [0.25, 0.3) is 10.3 Å². The lowest BCUT2D eigenvalue weighted by atomic mass is 10.1. The second-order valence-electron chi connectivity index (χ2n) is 9.13. The summed E-state index contributed by atoms with van der Waals surface area (Å²) in [5.74, 6) is 1.52. The largest absolute Gasteiger partial charge is 0.340 e. The van der Waals surface area contributed by atoms with Gasteiger partial charge in [0.25, 0.3) is 0 Å². The number of pyridine rings is 2. The number of hydrogen-bond acceptors (Lipinski definition) is 9. The number of benzene rings is 1. The molecule has 1 unspecified atom stereocenters. The Kier molecular flexibility index (Phi) is 7.11. The topological polar surface area (TPSA) is 94.6 Å². The molecule has 190 valence electrons. The van der Waals surface area contributed by atoms with Crippen molar-refractivity contribution in [1.29, 1.82) is 0 Å². The number of rotatable bonds is 7. The molecule has 3 aromatic heterocycles. The van der Waals surface area contributed by atoms with Crippen molar-refractivity contribution in [2.24, 2.45) is 0 Å². The van der Waals surface area contributed by atoms with Crippen LogP contribution in [0.5, 0.6) is 0 Å². The van der Waals surface area contributed by atoms with Crippen molar-refractivity contribution in [2.75, 3.05) is 43.4 Å². The molecular formula is C27H29N7O2S. The highest BCUT2D eigenvalue weighted by molar-refractivity contribution is 7.21. The van der Waals surface area contributed by atoms with Gasteiger partial charge in [-0.25, -0.2) is 15.0 Å². The van der Waals surface area contributed by atoms with Gasteiger partial charge in [0.1, 0.15) is 28.3 Å². The minimum Gasteiger partial charge on any atom is -0.340 e. The summed E-state index contributed by atoms with van der Waals surface area (Å²) >= 11 is 1.45. The van der Waals surface area contributed by atoms with Crippen LogP contribution < -0.4 is 10.2 Å². The maximum atomic E-state index is 12.0. The lowest BCUT2D eigenvalue weighted by Crippen LogP contribution is -2.49. The number of carbonyl (C=O) groups is 2. The first-order chi connectivity index (χ1) is 17.9. The molecule has 1 N–H and O–H groups in total. The van der Waals surface area contributed by atoms with E-state index in [1.54, 1.807) is 13.1 Å². The lowest BCUT2D eigenvalue weighted by molar-refractivity contribution is -0.131. The number of fused-ring (bicyclic) bond motifs is 1. The summed E-state index contributed by atoms with van der Waals surface area (Å²) in [6.07, 6.45) is 2.65. The summed E-state index contributed by atoms with van der Waals surface area (Å²) < 4.78 is 0. The van der Waals surface area contributed by atoms with Gasteiger partial charge in [0.15, 0.2) is 5.13 Å². The zero-order chi connectivity index (χ0) is 25.9. The standard InChI is InChI=1S/C27H29N7O2S/c1-18-4-6-21(7-5-18)32(3)25-9-8-22-26(31-25)37-27(29-22)30-24-16-20(10-11-28-24)23(17-35)34-14-12-33(13-15-34)19(2)36/h4-11,16-17,23H,12-15H2,1-3H3,(H,28,29,30). The molecule has 1 atom stereocenters. The summed E-state index contributed by atoms with van der Waals surface area (Å²) in [5.41, 5.74) is 3.93. The number of carbonyl (C=O) groups excluding carboxylic acids is 2. The van der Waals surface area contributed by atoms with Crippen LogP contribution >= 0.6 is 11.3 Å². The normalized spacial score (nSPS) is 14.9. The Morgan fingerprint density at radius 1 is 1.08 bits per heavy atom.